The number of carbonyl (C=O) groups is 1. The quantitative estimate of drug-likeness (QED) is 0.769. The average Bonchev–Trinajstić information content (AvgIpc) is 2.81. The highest BCUT2D eigenvalue weighted by Crippen LogP contribution is 2.29. The van der Waals surface area contributed by atoms with Gasteiger partial charge in [-0.2, -0.15) is 0 Å². The lowest BCUT2D eigenvalue weighted by Crippen LogP contribution is -2.50. The van der Waals surface area contributed by atoms with E-state index >= 15 is 0 Å². The van der Waals surface area contributed by atoms with E-state index in [-0.39, 0.29) is 12.6 Å². The molecule has 1 aromatic rings. The normalized spacial score (nSPS) is 17.4. The molecule has 0 radical (unpaired) electrons. The number of aliphatic hydroxyl groups excluding tert-OH is 1. The van der Waals surface area contributed by atoms with Gasteiger partial charge < -0.3 is 15.7 Å². The number of nitrogens with one attached hydrogen (secondary N) is 2. The second kappa shape index (κ2) is 5.40. The molecule has 2 amide bonds. The third kappa shape index (κ3) is 3.01. The Bertz CT molecular complexity index is 408. The van der Waals surface area contributed by atoms with E-state index in [0.717, 1.165) is 36.9 Å². The van der Waals surface area contributed by atoms with Crippen LogP contribution in [-0.4, -0.2) is 23.3 Å². The molecule has 4 heteroatoms. The number of urea groups is 1. The van der Waals surface area contributed by atoms with Crippen LogP contribution in [0.3, 0.4) is 0 Å². The minimum Gasteiger partial charge on any atom is -0.394 e. The van der Waals surface area contributed by atoms with Crippen LogP contribution in [-0.2, 0) is 0 Å². The smallest absolute Gasteiger partial charge is 0.319 e. The van der Waals surface area contributed by atoms with Crippen LogP contribution in [0, 0.1) is 6.92 Å². The molecule has 0 atom stereocenters. The zero-order valence-corrected chi connectivity index (χ0v) is 10.7. The van der Waals surface area contributed by atoms with Gasteiger partial charge in [-0.25, -0.2) is 4.79 Å². The van der Waals surface area contributed by atoms with E-state index in [1.807, 2.05) is 31.2 Å². The number of aryl methyl sites for hydroxylation is 1. The summed E-state index contributed by atoms with van der Waals surface area (Å²) in [6.45, 7) is 2.01. The number of hydrogen-bond acceptors (Lipinski definition) is 2. The lowest BCUT2D eigenvalue weighted by molar-refractivity contribution is 0.167. The standard InChI is InChI=1S/C14H20N2O2/c1-11-4-6-12(7-5-11)15-13(18)16-14(10-17)8-2-3-9-14/h4-7,17H,2-3,8-10H2,1H3,(H2,15,16,18). The van der Waals surface area contributed by atoms with Crippen molar-refractivity contribution >= 4 is 11.7 Å². The fourth-order valence-corrected chi connectivity index (χ4v) is 2.41. The number of carbonyl (C=O) groups excluding carboxylic acids is 1. The van der Waals surface area contributed by atoms with E-state index < -0.39 is 5.54 Å². The predicted molar refractivity (Wildman–Crippen MR) is 71.6 cm³/mol. The summed E-state index contributed by atoms with van der Waals surface area (Å²) < 4.78 is 0. The molecule has 0 heterocycles. The minimum absolute atomic E-state index is 0.00825. The van der Waals surface area contributed by atoms with Crippen molar-refractivity contribution in [3.63, 3.8) is 0 Å². The van der Waals surface area contributed by atoms with Crippen LogP contribution in [0.25, 0.3) is 0 Å². The van der Waals surface area contributed by atoms with Gasteiger partial charge in [-0.05, 0) is 31.9 Å². The van der Waals surface area contributed by atoms with Crippen LogP contribution in [0.4, 0.5) is 10.5 Å². The van der Waals surface area contributed by atoms with Gasteiger partial charge in [0.1, 0.15) is 0 Å². The Hall–Kier alpha value is -1.55. The molecule has 0 aliphatic heterocycles. The van der Waals surface area contributed by atoms with Crippen molar-refractivity contribution in [2.24, 2.45) is 0 Å². The summed E-state index contributed by atoms with van der Waals surface area (Å²) in [5.41, 5.74) is 1.50. The molecular formula is C14H20N2O2. The molecule has 2 rings (SSSR count). The minimum atomic E-state index is -0.422. The van der Waals surface area contributed by atoms with Crippen molar-refractivity contribution in [1.82, 2.24) is 5.32 Å². The largest absolute Gasteiger partial charge is 0.394 e. The highest BCUT2D eigenvalue weighted by atomic mass is 16.3. The molecule has 0 bridgehead atoms. The van der Waals surface area contributed by atoms with Crippen LogP contribution in [0.15, 0.2) is 24.3 Å². The lowest BCUT2D eigenvalue weighted by atomic mass is 9.99. The molecule has 0 aromatic heterocycles. The molecule has 4 nitrogen and oxygen atoms in total. The van der Waals surface area contributed by atoms with Crippen LogP contribution in [0.2, 0.25) is 0 Å². The van der Waals surface area contributed by atoms with Gasteiger partial charge in [0.25, 0.3) is 0 Å². The SMILES string of the molecule is Cc1ccc(NC(=O)NC2(CO)CCCC2)cc1. The number of aliphatic hydroxyl groups is 1. The lowest BCUT2D eigenvalue weighted by Gasteiger charge is -2.27. The molecule has 1 aromatic carbocycles. The number of amides is 2. The van der Waals surface area contributed by atoms with Gasteiger partial charge in [0, 0.05) is 5.69 Å². The number of benzene rings is 1. The molecule has 1 aliphatic rings. The first-order valence-corrected chi connectivity index (χ1v) is 6.40. The van der Waals surface area contributed by atoms with Gasteiger partial charge in [0.2, 0.25) is 0 Å². The van der Waals surface area contributed by atoms with E-state index in [1.54, 1.807) is 0 Å². The van der Waals surface area contributed by atoms with Gasteiger partial charge in [-0.3, -0.25) is 0 Å². The summed E-state index contributed by atoms with van der Waals surface area (Å²) in [4.78, 5) is 11.9. The van der Waals surface area contributed by atoms with Crippen molar-refractivity contribution in [2.75, 3.05) is 11.9 Å². The molecule has 1 fully saturated rings. The Kier molecular flexibility index (Phi) is 3.87. The van der Waals surface area contributed by atoms with Gasteiger partial charge in [-0.15, -0.1) is 0 Å². The summed E-state index contributed by atoms with van der Waals surface area (Å²) in [6, 6.07) is 7.40. The zero-order valence-electron chi connectivity index (χ0n) is 10.7. The first-order valence-electron chi connectivity index (χ1n) is 6.40. The fourth-order valence-electron chi connectivity index (χ4n) is 2.41. The van der Waals surface area contributed by atoms with Crippen LogP contribution >= 0.6 is 0 Å². The van der Waals surface area contributed by atoms with Crippen molar-refractivity contribution < 1.29 is 9.90 Å². The molecule has 0 saturated heterocycles. The maximum atomic E-state index is 11.9. The molecular weight excluding hydrogens is 228 g/mol. The number of hydrogen-bond donors (Lipinski definition) is 3. The van der Waals surface area contributed by atoms with E-state index in [4.69, 9.17) is 0 Å². The van der Waals surface area contributed by atoms with Gasteiger partial charge in [-0.1, -0.05) is 30.5 Å². The molecule has 1 saturated carbocycles. The third-order valence-corrected chi connectivity index (χ3v) is 3.55. The first kappa shape index (κ1) is 12.9. The van der Waals surface area contributed by atoms with Crippen molar-refractivity contribution in [3.05, 3.63) is 29.8 Å². The number of anilines is 1. The second-order valence-corrected chi connectivity index (χ2v) is 5.09. The zero-order chi connectivity index (χ0) is 13.0. The van der Waals surface area contributed by atoms with Crippen molar-refractivity contribution in [2.45, 2.75) is 38.1 Å². The first-order chi connectivity index (χ1) is 8.63. The Labute approximate surface area is 107 Å². The van der Waals surface area contributed by atoms with Gasteiger partial charge in [0.05, 0.1) is 12.1 Å². The highest BCUT2D eigenvalue weighted by molar-refractivity contribution is 5.89. The summed E-state index contributed by atoms with van der Waals surface area (Å²) in [5.74, 6) is 0. The maximum absolute atomic E-state index is 11.9. The van der Waals surface area contributed by atoms with E-state index in [2.05, 4.69) is 10.6 Å². The Morgan fingerprint density at radius 3 is 2.44 bits per heavy atom. The summed E-state index contributed by atoms with van der Waals surface area (Å²) in [5, 5.41) is 15.1. The Morgan fingerprint density at radius 2 is 1.89 bits per heavy atom. The summed E-state index contributed by atoms with van der Waals surface area (Å²) >= 11 is 0. The predicted octanol–water partition coefficient (Wildman–Crippen LogP) is 2.42. The summed E-state index contributed by atoms with van der Waals surface area (Å²) in [7, 11) is 0. The number of rotatable bonds is 3. The van der Waals surface area contributed by atoms with E-state index in [0.29, 0.717) is 0 Å². The fraction of sp³-hybridized carbons (Fsp3) is 0.500. The molecule has 0 spiro atoms. The Morgan fingerprint density at radius 1 is 1.28 bits per heavy atom. The highest BCUT2D eigenvalue weighted by Gasteiger charge is 2.34. The van der Waals surface area contributed by atoms with Crippen molar-refractivity contribution in [1.29, 1.82) is 0 Å². The molecule has 1 aliphatic carbocycles. The third-order valence-electron chi connectivity index (χ3n) is 3.55. The molecule has 0 unspecified atom stereocenters. The van der Waals surface area contributed by atoms with Gasteiger partial charge >= 0.3 is 6.03 Å². The Balaban J connectivity index is 1.94. The van der Waals surface area contributed by atoms with Crippen LogP contribution in [0.1, 0.15) is 31.2 Å². The molecule has 98 valence electrons. The van der Waals surface area contributed by atoms with E-state index in [9.17, 15) is 9.90 Å². The molecule has 3 N–H and O–H groups in total. The van der Waals surface area contributed by atoms with Crippen LogP contribution in [0.5, 0.6) is 0 Å². The topological polar surface area (TPSA) is 61.4 Å². The second-order valence-electron chi connectivity index (χ2n) is 5.09. The van der Waals surface area contributed by atoms with Gasteiger partial charge in [0.15, 0.2) is 0 Å². The van der Waals surface area contributed by atoms with Crippen LogP contribution < -0.4 is 10.6 Å². The summed E-state index contributed by atoms with van der Waals surface area (Å²) in [6.07, 6.45) is 3.83. The van der Waals surface area contributed by atoms with Crippen molar-refractivity contribution in [3.8, 4) is 0 Å². The maximum Gasteiger partial charge on any atom is 0.319 e. The average molecular weight is 248 g/mol. The van der Waals surface area contributed by atoms with E-state index in [1.165, 1.54) is 0 Å². The molecule has 18 heavy (non-hydrogen) atoms. The monoisotopic (exact) mass is 248 g/mol.